The Kier molecular flexibility index (Phi) is 14.7. The molecule has 17 heteroatoms. The molecule has 1 amide bonds. The lowest BCUT2D eigenvalue weighted by molar-refractivity contribution is -0.437. The van der Waals surface area contributed by atoms with Gasteiger partial charge in [-0.2, -0.15) is 21.4 Å². The molecule has 0 bridgehead atoms. The molecule has 0 unspecified atom stereocenters. The molecule has 61 heavy (non-hydrogen) atoms. The minimum Gasteiger partial charge on any atom is -0.352 e. The van der Waals surface area contributed by atoms with Crippen LogP contribution in [0.15, 0.2) is 107 Å². The number of amides is 1. The first-order valence-electron chi connectivity index (χ1n) is 20.2. The summed E-state index contributed by atoms with van der Waals surface area (Å²) in [4.78, 5) is 16.7. The van der Waals surface area contributed by atoms with E-state index in [1.165, 1.54) is 18.2 Å². The number of allylic oxidation sites excluding steroid dienone is 6. The largest absolute Gasteiger partial charge is 0.352 e. The van der Waals surface area contributed by atoms with Crippen molar-refractivity contribution in [1.29, 1.82) is 0 Å². The molecule has 2 heterocycles. The van der Waals surface area contributed by atoms with Gasteiger partial charge in [0, 0.05) is 67.0 Å². The number of carbonyl (C=O) groups is 1. The van der Waals surface area contributed by atoms with Crippen molar-refractivity contribution in [1.82, 2.24) is 10.2 Å². The summed E-state index contributed by atoms with van der Waals surface area (Å²) in [7, 11) is -10.3. The van der Waals surface area contributed by atoms with Crippen molar-refractivity contribution in [2.45, 2.75) is 94.0 Å². The minimum atomic E-state index is -4.36. The topological polar surface area (TPSA) is 207 Å². The minimum absolute atomic E-state index is 0.0136. The van der Waals surface area contributed by atoms with Crippen LogP contribution in [0.4, 0.5) is 11.4 Å². The smallest absolute Gasteiger partial charge is 0.294 e. The molecule has 5 rings (SSSR count). The highest BCUT2D eigenvalue weighted by molar-refractivity contribution is 7.89. The molecular weight excluding hydrogens is 839 g/mol. The van der Waals surface area contributed by atoms with Crippen molar-refractivity contribution >= 4 is 53.3 Å². The number of benzene rings is 3. The van der Waals surface area contributed by atoms with Gasteiger partial charge in [-0.25, -0.2) is 13.6 Å². The van der Waals surface area contributed by atoms with E-state index in [4.69, 9.17) is 5.14 Å². The Morgan fingerprint density at radius 1 is 0.852 bits per heavy atom. The zero-order valence-corrected chi connectivity index (χ0v) is 38.1. The van der Waals surface area contributed by atoms with Crippen LogP contribution >= 0.6 is 0 Å². The van der Waals surface area contributed by atoms with Crippen LogP contribution in [0.2, 0.25) is 0 Å². The molecule has 0 aliphatic carbocycles. The second-order valence-corrected chi connectivity index (χ2v) is 21.2. The van der Waals surface area contributed by atoms with Gasteiger partial charge >= 0.3 is 0 Å². The Balaban J connectivity index is 1.27. The zero-order chi connectivity index (χ0) is 45.0. The lowest BCUT2D eigenvalue weighted by Gasteiger charge is -2.26. The fraction of sp³-hybridized carbons (Fsp3) is 0.409. The number of hydrogen-bond donors (Lipinski definition) is 4. The Labute approximate surface area is 361 Å². The number of sulfonamides is 1. The van der Waals surface area contributed by atoms with Crippen LogP contribution in [0.1, 0.15) is 82.6 Å². The predicted octanol–water partition coefficient (Wildman–Crippen LogP) is 5.97. The van der Waals surface area contributed by atoms with Gasteiger partial charge in [-0.1, -0.05) is 57.2 Å². The van der Waals surface area contributed by atoms with E-state index in [0.29, 0.717) is 32.5 Å². The van der Waals surface area contributed by atoms with Crippen molar-refractivity contribution in [3.05, 3.63) is 119 Å². The van der Waals surface area contributed by atoms with E-state index in [2.05, 4.69) is 52.6 Å². The van der Waals surface area contributed by atoms with Gasteiger partial charge in [0.15, 0.2) is 5.71 Å². The summed E-state index contributed by atoms with van der Waals surface area (Å²) in [6.07, 6.45) is 11.9. The zero-order valence-electron chi connectivity index (χ0n) is 35.6. The van der Waals surface area contributed by atoms with E-state index in [-0.39, 0.29) is 34.4 Å². The molecule has 5 N–H and O–H groups in total. The van der Waals surface area contributed by atoms with Gasteiger partial charge in [0.05, 0.1) is 21.0 Å². The van der Waals surface area contributed by atoms with Gasteiger partial charge in [-0.05, 0) is 99.4 Å². The van der Waals surface area contributed by atoms with Crippen LogP contribution in [0.5, 0.6) is 0 Å². The molecule has 3 aromatic rings. The third kappa shape index (κ3) is 11.7. The van der Waals surface area contributed by atoms with Gasteiger partial charge in [0.25, 0.3) is 20.2 Å². The summed E-state index contributed by atoms with van der Waals surface area (Å²) in [6.45, 7) is 13.1. The van der Waals surface area contributed by atoms with Crippen molar-refractivity contribution in [2.24, 2.45) is 5.14 Å². The summed E-state index contributed by atoms with van der Waals surface area (Å²) < 4.78 is 91.5. The molecule has 2 aliphatic rings. The number of nitrogens with zero attached hydrogens (tertiary/aromatic N) is 3. The highest BCUT2D eigenvalue weighted by Crippen LogP contribution is 2.48. The molecule has 0 saturated carbocycles. The van der Waals surface area contributed by atoms with Gasteiger partial charge in [0.2, 0.25) is 21.6 Å². The second-order valence-electron chi connectivity index (χ2n) is 16.7. The van der Waals surface area contributed by atoms with Gasteiger partial charge in [-0.3, -0.25) is 13.9 Å². The van der Waals surface area contributed by atoms with Crippen molar-refractivity contribution in [2.75, 3.05) is 37.3 Å². The van der Waals surface area contributed by atoms with E-state index in [1.54, 1.807) is 24.3 Å². The molecule has 0 fully saturated rings. The normalized spacial score (nSPS) is 17.0. The van der Waals surface area contributed by atoms with Gasteiger partial charge in [-0.15, -0.1) is 0 Å². The highest BCUT2D eigenvalue weighted by Gasteiger charge is 2.44. The number of carbonyl (C=O) groups excluding carboxylic acids is 1. The molecule has 0 spiro atoms. The summed E-state index contributed by atoms with van der Waals surface area (Å²) in [5.74, 6) is -0.472. The Bertz CT molecular complexity index is 2600. The van der Waals surface area contributed by atoms with Crippen LogP contribution in [0, 0.1) is 0 Å². The van der Waals surface area contributed by atoms with Crippen molar-refractivity contribution in [3.8, 4) is 0 Å². The third-order valence-corrected chi connectivity index (χ3v) is 13.8. The fourth-order valence-corrected chi connectivity index (χ4v) is 9.61. The maximum Gasteiger partial charge on any atom is 0.294 e. The SMILES string of the molecule is CCCN1/C(=C/C=C/C=C/C2=[N+](CCCS(=O)(=O)O)c3ccc(CN(C)CCCC(=O)NCc4ccc(S(N)(=O)=O)cc4)cc3C2(C)C)C(C)(C)c2cc(S(=O)(=O)O)ccc21. The first kappa shape index (κ1) is 47.6. The maximum atomic E-state index is 12.5. The van der Waals surface area contributed by atoms with E-state index < -0.39 is 41.1 Å². The predicted molar refractivity (Wildman–Crippen MR) is 239 cm³/mol. The second kappa shape index (κ2) is 18.9. The Morgan fingerprint density at radius 2 is 1.52 bits per heavy atom. The van der Waals surface area contributed by atoms with E-state index in [0.717, 1.165) is 58.0 Å². The van der Waals surface area contributed by atoms with Gasteiger partial charge in [0.1, 0.15) is 6.54 Å². The molecule has 0 radical (unpaired) electrons. The summed E-state index contributed by atoms with van der Waals surface area (Å²) in [5, 5.41) is 8.03. The number of rotatable bonds is 19. The lowest BCUT2D eigenvalue weighted by atomic mass is 9.80. The number of fused-ring (bicyclic) bond motifs is 2. The molecule has 0 aromatic heterocycles. The van der Waals surface area contributed by atoms with Crippen molar-refractivity contribution in [3.63, 3.8) is 0 Å². The quantitative estimate of drug-likeness (QED) is 0.0627. The summed E-state index contributed by atoms with van der Waals surface area (Å²) in [5.41, 5.74) is 6.55. The molecule has 2 aliphatic heterocycles. The monoisotopic (exact) mass is 896 g/mol. The van der Waals surface area contributed by atoms with E-state index >= 15 is 0 Å². The van der Waals surface area contributed by atoms with E-state index in [9.17, 15) is 39.2 Å². The average molecular weight is 897 g/mol. The van der Waals surface area contributed by atoms with Crippen molar-refractivity contribution < 1.29 is 43.7 Å². The number of nitrogens with two attached hydrogens (primary N) is 1. The molecule has 0 atom stereocenters. The number of nitrogens with one attached hydrogen (secondary N) is 1. The Morgan fingerprint density at radius 3 is 2.16 bits per heavy atom. The van der Waals surface area contributed by atoms with Crippen LogP contribution in [0.25, 0.3) is 0 Å². The van der Waals surface area contributed by atoms with Crippen LogP contribution in [-0.2, 0) is 59.0 Å². The van der Waals surface area contributed by atoms with Crippen LogP contribution < -0.4 is 15.4 Å². The first-order valence-corrected chi connectivity index (χ1v) is 24.8. The Hall–Kier alpha value is -4.49. The number of hydrogen-bond acceptors (Lipinski definition) is 9. The number of anilines is 1. The highest BCUT2D eigenvalue weighted by atomic mass is 32.2. The van der Waals surface area contributed by atoms with E-state index in [1.807, 2.05) is 57.3 Å². The maximum absolute atomic E-state index is 12.5. The molecule has 14 nitrogen and oxygen atoms in total. The summed E-state index contributed by atoms with van der Waals surface area (Å²) in [6, 6.07) is 17.0. The molecule has 3 aromatic carbocycles. The molecular formula is C44H58N5O9S3+. The fourth-order valence-electron chi connectivity index (χ4n) is 8.09. The molecule has 0 saturated heterocycles. The van der Waals surface area contributed by atoms with Gasteiger partial charge < -0.3 is 15.1 Å². The summed E-state index contributed by atoms with van der Waals surface area (Å²) >= 11 is 0. The van der Waals surface area contributed by atoms with Crippen LogP contribution in [0.3, 0.4) is 0 Å². The average Bonchev–Trinajstić information content (AvgIpc) is 3.50. The molecule has 330 valence electrons. The van der Waals surface area contributed by atoms with Crippen LogP contribution in [-0.4, -0.2) is 87.9 Å². The number of primary sulfonamides is 1. The lowest BCUT2D eigenvalue weighted by Crippen LogP contribution is -2.28. The first-order chi connectivity index (χ1) is 28.4. The standard InChI is InChI=1S/C44H57N5O9S3/c1-7-24-48-39-23-21-35(61(56,57)58)29-37(39)44(4,5)40(48)13-9-8-10-14-41-43(2,3)36-28-33(18-22-38(36)49(41)26-12-27-59(51,52)53)31-47(6)25-11-15-42(50)46-30-32-16-19-34(20-17-32)60(45,54)55/h8-10,13-14,16-23,28-29H,7,11-12,15,24-27,30-31H2,1-6H3,(H4-,45,46,50,51,52,53,54,55,56,57,58)/p+1. The third-order valence-electron chi connectivity index (χ3n) is 11.2.